The number of halogens is 3. The molecule has 0 aromatic heterocycles. The first-order chi connectivity index (χ1) is 14.7. The predicted octanol–water partition coefficient (Wildman–Crippen LogP) is 4.04. The molecule has 166 valence electrons. The quantitative estimate of drug-likeness (QED) is 0.719. The van der Waals surface area contributed by atoms with Gasteiger partial charge in [-0.1, -0.05) is 31.2 Å². The minimum atomic E-state index is -4.76. The number of methoxy groups -OCH3 is 1. The minimum Gasteiger partial charge on any atom is -0.497 e. The zero-order chi connectivity index (χ0) is 22.6. The molecule has 0 bridgehead atoms. The number of rotatable bonds is 6. The standard InChI is InChI=1S/C22H24F3N3O3/c1-3-16(14-8-10-15(31-2)11-9-14)26-13-21(30)28-18-7-5-4-6-17(18)27-20(29)12-19(28)22(23,24)25/h4-11,16,19,26H,3,12-13H2,1-2H3,(H,27,29). The van der Waals surface area contributed by atoms with Crippen LogP contribution in [0.1, 0.15) is 31.4 Å². The van der Waals surface area contributed by atoms with E-state index >= 15 is 0 Å². The second kappa shape index (κ2) is 9.38. The number of nitrogens with zero attached hydrogens (tertiary/aromatic N) is 1. The summed E-state index contributed by atoms with van der Waals surface area (Å²) in [5.74, 6) is -0.873. The molecule has 1 aliphatic rings. The summed E-state index contributed by atoms with van der Waals surface area (Å²) in [5, 5.41) is 5.51. The number of alkyl halides is 3. The number of ether oxygens (including phenoxy) is 1. The summed E-state index contributed by atoms with van der Waals surface area (Å²) in [6.45, 7) is 1.59. The van der Waals surface area contributed by atoms with E-state index in [9.17, 15) is 22.8 Å². The molecule has 1 heterocycles. The van der Waals surface area contributed by atoms with Crippen molar-refractivity contribution in [3.8, 4) is 5.75 Å². The third kappa shape index (κ3) is 5.16. The van der Waals surface area contributed by atoms with E-state index in [-0.39, 0.29) is 24.0 Å². The van der Waals surface area contributed by atoms with Gasteiger partial charge in [0.1, 0.15) is 11.8 Å². The van der Waals surface area contributed by atoms with Gasteiger partial charge in [0.05, 0.1) is 31.5 Å². The van der Waals surface area contributed by atoms with Gasteiger partial charge >= 0.3 is 6.18 Å². The molecule has 2 atom stereocenters. The van der Waals surface area contributed by atoms with E-state index in [1.54, 1.807) is 25.3 Å². The van der Waals surface area contributed by atoms with Crippen molar-refractivity contribution >= 4 is 23.2 Å². The van der Waals surface area contributed by atoms with E-state index in [1.165, 1.54) is 18.2 Å². The van der Waals surface area contributed by atoms with Crippen molar-refractivity contribution in [3.63, 3.8) is 0 Å². The molecule has 1 aliphatic heterocycles. The van der Waals surface area contributed by atoms with E-state index in [1.807, 2.05) is 19.1 Å². The third-order valence-corrected chi connectivity index (χ3v) is 5.20. The van der Waals surface area contributed by atoms with Crippen LogP contribution in [0.5, 0.6) is 5.75 Å². The maximum atomic E-state index is 13.8. The summed E-state index contributed by atoms with van der Waals surface area (Å²) in [7, 11) is 1.55. The fourth-order valence-electron chi connectivity index (χ4n) is 3.63. The van der Waals surface area contributed by atoms with Crippen molar-refractivity contribution in [2.45, 2.75) is 38.0 Å². The Balaban J connectivity index is 1.85. The first-order valence-corrected chi connectivity index (χ1v) is 9.89. The first-order valence-electron chi connectivity index (χ1n) is 9.89. The third-order valence-electron chi connectivity index (χ3n) is 5.20. The van der Waals surface area contributed by atoms with Crippen molar-refractivity contribution < 1.29 is 27.5 Å². The number of amides is 2. The molecule has 0 saturated carbocycles. The molecular weight excluding hydrogens is 411 g/mol. The maximum Gasteiger partial charge on any atom is 0.409 e. The molecule has 2 aromatic rings. The molecule has 6 nitrogen and oxygen atoms in total. The van der Waals surface area contributed by atoms with Crippen LogP contribution in [-0.2, 0) is 9.59 Å². The van der Waals surface area contributed by atoms with Gasteiger partial charge in [0, 0.05) is 6.04 Å². The largest absolute Gasteiger partial charge is 0.497 e. The fourth-order valence-corrected chi connectivity index (χ4v) is 3.63. The van der Waals surface area contributed by atoms with E-state index < -0.39 is 30.5 Å². The van der Waals surface area contributed by atoms with E-state index in [4.69, 9.17) is 4.74 Å². The Bertz CT molecular complexity index is 932. The summed E-state index contributed by atoms with van der Waals surface area (Å²) in [6, 6.07) is 10.8. The number of carbonyl (C=O) groups is 2. The van der Waals surface area contributed by atoms with Crippen LogP contribution in [0, 0.1) is 0 Å². The number of para-hydroxylation sites is 2. The van der Waals surface area contributed by atoms with Crippen LogP contribution in [0.15, 0.2) is 48.5 Å². The van der Waals surface area contributed by atoms with E-state index in [0.29, 0.717) is 17.1 Å². The van der Waals surface area contributed by atoms with Crippen LogP contribution in [0.2, 0.25) is 0 Å². The summed E-state index contributed by atoms with van der Waals surface area (Å²) in [5.41, 5.74) is 1.09. The minimum absolute atomic E-state index is 0.0278. The van der Waals surface area contributed by atoms with Gasteiger partial charge in [-0.3, -0.25) is 14.5 Å². The van der Waals surface area contributed by atoms with Gasteiger partial charge in [-0.2, -0.15) is 13.2 Å². The summed E-state index contributed by atoms with van der Waals surface area (Å²) in [4.78, 5) is 25.8. The van der Waals surface area contributed by atoms with Crippen molar-refractivity contribution in [2.24, 2.45) is 0 Å². The number of carbonyl (C=O) groups excluding carboxylic acids is 2. The number of fused-ring (bicyclic) bond motifs is 1. The van der Waals surface area contributed by atoms with E-state index in [0.717, 1.165) is 5.56 Å². The Kier molecular flexibility index (Phi) is 6.84. The number of benzene rings is 2. The number of anilines is 2. The Morgan fingerprint density at radius 2 is 1.90 bits per heavy atom. The maximum absolute atomic E-state index is 13.8. The van der Waals surface area contributed by atoms with Crippen molar-refractivity contribution in [2.75, 3.05) is 23.9 Å². The normalized spacial score (nSPS) is 17.4. The van der Waals surface area contributed by atoms with Gasteiger partial charge in [-0.25, -0.2) is 0 Å². The molecular formula is C22H24F3N3O3. The molecule has 0 saturated heterocycles. The van der Waals surface area contributed by atoms with Gasteiger partial charge < -0.3 is 15.4 Å². The van der Waals surface area contributed by atoms with Crippen molar-refractivity contribution in [1.82, 2.24) is 5.32 Å². The van der Waals surface area contributed by atoms with Crippen LogP contribution in [0.25, 0.3) is 0 Å². The lowest BCUT2D eigenvalue weighted by Crippen LogP contribution is -2.52. The highest BCUT2D eigenvalue weighted by molar-refractivity contribution is 6.05. The molecule has 31 heavy (non-hydrogen) atoms. The second-order valence-electron chi connectivity index (χ2n) is 7.21. The Morgan fingerprint density at radius 1 is 1.23 bits per heavy atom. The molecule has 0 fully saturated rings. The molecule has 0 spiro atoms. The summed E-state index contributed by atoms with van der Waals surface area (Å²) >= 11 is 0. The van der Waals surface area contributed by atoms with Crippen molar-refractivity contribution in [3.05, 3.63) is 54.1 Å². The molecule has 0 radical (unpaired) electrons. The number of hydrogen-bond acceptors (Lipinski definition) is 4. The van der Waals surface area contributed by atoms with Crippen LogP contribution in [-0.4, -0.2) is 37.7 Å². The molecule has 9 heteroatoms. The topological polar surface area (TPSA) is 70.7 Å². The lowest BCUT2D eigenvalue weighted by atomic mass is 10.0. The van der Waals surface area contributed by atoms with Crippen LogP contribution < -0.4 is 20.3 Å². The zero-order valence-corrected chi connectivity index (χ0v) is 17.2. The highest BCUT2D eigenvalue weighted by Gasteiger charge is 2.48. The Morgan fingerprint density at radius 3 is 2.52 bits per heavy atom. The highest BCUT2D eigenvalue weighted by Crippen LogP contribution is 2.37. The second-order valence-corrected chi connectivity index (χ2v) is 7.21. The smallest absolute Gasteiger partial charge is 0.409 e. The van der Waals surface area contributed by atoms with Crippen LogP contribution in [0.4, 0.5) is 24.5 Å². The molecule has 3 rings (SSSR count). The lowest BCUT2D eigenvalue weighted by Gasteiger charge is -2.32. The number of hydrogen-bond donors (Lipinski definition) is 2. The van der Waals surface area contributed by atoms with Gasteiger partial charge in [0.2, 0.25) is 11.8 Å². The van der Waals surface area contributed by atoms with Gasteiger partial charge in [-0.05, 0) is 36.2 Å². The van der Waals surface area contributed by atoms with Gasteiger partial charge in [-0.15, -0.1) is 0 Å². The van der Waals surface area contributed by atoms with Gasteiger partial charge in [0.25, 0.3) is 0 Å². The number of nitrogens with one attached hydrogen (secondary N) is 2. The summed E-state index contributed by atoms with van der Waals surface area (Å²) < 4.78 is 46.5. The molecule has 2 amide bonds. The molecule has 0 aliphatic carbocycles. The Labute approximate surface area is 178 Å². The SMILES string of the molecule is CCC(NCC(=O)N1c2ccccc2NC(=O)CC1C(F)(F)F)c1ccc(OC)cc1. The van der Waals surface area contributed by atoms with Gasteiger partial charge in [0.15, 0.2) is 0 Å². The average Bonchev–Trinajstić information content (AvgIpc) is 2.90. The van der Waals surface area contributed by atoms with Crippen LogP contribution in [0.3, 0.4) is 0 Å². The monoisotopic (exact) mass is 435 g/mol. The zero-order valence-electron chi connectivity index (χ0n) is 17.2. The van der Waals surface area contributed by atoms with Crippen molar-refractivity contribution in [1.29, 1.82) is 0 Å². The van der Waals surface area contributed by atoms with Crippen LogP contribution >= 0.6 is 0 Å². The molecule has 2 unspecified atom stereocenters. The Hall–Kier alpha value is -3.07. The molecule has 2 N–H and O–H groups in total. The highest BCUT2D eigenvalue weighted by atomic mass is 19.4. The fraction of sp³-hybridized carbons (Fsp3) is 0.364. The van der Waals surface area contributed by atoms with E-state index in [2.05, 4.69) is 10.6 Å². The first kappa shape index (κ1) is 22.6. The average molecular weight is 435 g/mol. The lowest BCUT2D eigenvalue weighted by molar-refractivity contribution is -0.157. The molecule has 2 aromatic carbocycles. The predicted molar refractivity (Wildman–Crippen MR) is 111 cm³/mol. The summed E-state index contributed by atoms with van der Waals surface area (Å²) in [6.07, 6.45) is -5.00.